The first-order chi connectivity index (χ1) is 39.0. The Kier molecular flexibility index (Phi) is 66.9. The van der Waals surface area contributed by atoms with Gasteiger partial charge in [-0.25, -0.2) is 0 Å². The number of rotatable bonds is 67. The molecule has 1 amide bonds. The molecule has 466 valence electrons. The lowest BCUT2D eigenvalue weighted by Gasteiger charge is -2.20. The highest BCUT2D eigenvalue weighted by atomic mass is 16.5. The maximum atomic E-state index is 12.4. The fourth-order valence-electron chi connectivity index (χ4n) is 11.2. The number of carbonyl (C=O) groups is 2. The van der Waals surface area contributed by atoms with Crippen molar-refractivity contribution < 1.29 is 24.5 Å². The van der Waals surface area contributed by atoms with E-state index in [1.54, 1.807) is 6.08 Å². The summed E-state index contributed by atoms with van der Waals surface area (Å²) >= 11 is 0. The first-order valence-electron chi connectivity index (χ1n) is 35.8. The Balaban J connectivity index is 3.33. The highest BCUT2D eigenvalue weighted by Crippen LogP contribution is 2.18. The monoisotopic (exact) mass is 1110 g/mol. The summed E-state index contributed by atoms with van der Waals surface area (Å²) in [5.41, 5.74) is 0. The van der Waals surface area contributed by atoms with Crippen LogP contribution in [0.1, 0.15) is 393 Å². The molecule has 0 aromatic heterocycles. The summed E-state index contributed by atoms with van der Waals surface area (Å²) in [5, 5.41) is 23.0. The van der Waals surface area contributed by atoms with Crippen molar-refractivity contribution in [1.29, 1.82) is 0 Å². The second-order valence-corrected chi connectivity index (χ2v) is 24.6. The van der Waals surface area contributed by atoms with E-state index in [-0.39, 0.29) is 18.5 Å². The molecule has 0 aliphatic carbocycles. The van der Waals surface area contributed by atoms with Gasteiger partial charge in [-0.3, -0.25) is 9.59 Å². The molecule has 0 aromatic rings. The Labute approximate surface area is 494 Å². The molecule has 0 saturated heterocycles. The van der Waals surface area contributed by atoms with E-state index in [1.807, 2.05) is 6.08 Å². The molecule has 6 heteroatoms. The van der Waals surface area contributed by atoms with Gasteiger partial charge in [0.05, 0.1) is 25.4 Å². The van der Waals surface area contributed by atoms with Crippen molar-refractivity contribution in [3.63, 3.8) is 0 Å². The van der Waals surface area contributed by atoms with Crippen LogP contribution >= 0.6 is 0 Å². The summed E-state index contributed by atoms with van der Waals surface area (Å²) in [4.78, 5) is 24.5. The van der Waals surface area contributed by atoms with Crippen LogP contribution in [0.25, 0.3) is 0 Å². The van der Waals surface area contributed by atoms with E-state index in [2.05, 4.69) is 43.5 Å². The van der Waals surface area contributed by atoms with Gasteiger partial charge in [-0.15, -0.1) is 0 Å². The zero-order valence-corrected chi connectivity index (χ0v) is 53.4. The predicted octanol–water partition coefficient (Wildman–Crippen LogP) is 23.1. The SMILES string of the molecule is CCCCCCCCCC/C=C/C(O)C(CO)NC(=O)CCCCCCCCCCCCCCCCCCC/C=C\C/C=C\CCCCCCCCCCCCCCCCCOC(=O)CCCCCCCCCCCCCCC. The zero-order valence-electron chi connectivity index (χ0n) is 53.4. The van der Waals surface area contributed by atoms with Crippen LogP contribution in [-0.2, 0) is 14.3 Å². The molecule has 3 N–H and O–H groups in total. The van der Waals surface area contributed by atoms with Crippen molar-refractivity contribution in [1.82, 2.24) is 5.32 Å². The van der Waals surface area contributed by atoms with Gasteiger partial charge in [-0.2, -0.15) is 0 Å². The Bertz CT molecular complexity index is 1280. The van der Waals surface area contributed by atoms with Gasteiger partial charge >= 0.3 is 5.97 Å². The van der Waals surface area contributed by atoms with Crippen LogP contribution in [0.3, 0.4) is 0 Å². The molecule has 0 heterocycles. The molecule has 0 fully saturated rings. The molecule has 0 spiro atoms. The van der Waals surface area contributed by atoms with Gasteiger partial charge in [-0.05, 0) is 64.2 Å². The standard InChI is InChI=1S/C73H139NO5/c1-3-5-7-9-11-13-15-43-47-51-55-59-63-67-73(78)79-68-64-60-56-52-48-45-42-40-38-36-34-32-30-28-26-24-22-20-18-16-17-19-21-23-25-27-29-31-33-35-37-39-41-44-46-50-54-58-62-66-72(77)74-70(69-75)71(76)65-61-57-53-49-14-12-10-8-6-4-2/h16-17,20,22,61,65,70-71,75-76H,3-15,18-19,21,23-60,62-64,66-69H2,1-2H3,(H,74,77)/b17-16-,22-20-,65-61+. The Morgan fingerprint density at radius 2 is 0.633 bits per heavy atom. The van der Waals surface area contributed by atoms with Gasteiger partial charge in [0.25, 0.3) is 0 Å². The lowest BCUT2D eigenvalue weighted by molar-refractivity contribution is -0.143. The number of hydrogen-bond donors (Lipinski definition) is 3. The fourth-order valence-corrected chi connectivity index (χ4v) is 11.2. The van der Waals surface area contributed by atoms with Gasteiger partial charge in [-0.1, -0.05) is 352 Å². The van der Waals surface area contributed by atoms with Crippen molar-refractivity contribution in [2.24, 2.45) is 0 Å². The zero-order chi connectivity index (χ0) is 57.1. The smallest absolute Gasteiger partial charge is 0.305 e. The van der Waals surface area contributed by atoms with E-state index in [1.165, 1.54) is 321 Å². The van der Waals surface area contributed by atoms with E-state index in [9.17, 15) is 19.8 Å². The minimum atomic E-state index is -0.840. The number of nitrogens with one attached hydrogen (secondary N) is 1. The second kappa shape index (κ2) is 68.6. The van der Waals surface area contributed by atoms with Gasteiger partial charge in [0.2, 0.25) is 5.91 Å². The lowest BCUT2D eigenvalue weighted by Crippen LogP contribution is -2.45. The van der Waals surface area contributed by atoms with E-state index in [0.29, 0.717) is 19.4 Å². The van der Waals surface area contributed by atoms with E-state index >= 15 is 0 Å². The number of unbranched alkanes of at least 4 members (excludes halogenated alkanes) is 52. The Hall–Kier alpha value is -1.92. The lowest BCUT2D eigenvalue weighted by atomic mass is 10.0. The summed E-state index contributed by atoms with van der Waals surface area (Å²) in [6.45, 7) is 4.91. The van der Waals surface area contributed by atoms with Crippen molar-refractivity contribution >= 4 is 11.9 Å². The summed E-state index contributed by atoms with van der Waals surface area (Å²) in [6.07, 6.45) is 88.3. The predicted molar refractivity (Wildman–Crippen MR) is 347 cm³/mol. The average molecular weight is 1110 g/mol. The Morgan fingerprint density at radius 3 is 0.962 bits per heavy atom. The van der Waals surface area contributed by atoms with E-state index < -0.39 is 12.1 Å². The summed E-state index contributed by atoms with van der Waals surface area (Å²) in [5.74, 6) is -0.0436. The normalized spacial score (nSPS) is 12.7. The minimum Gasteiger partial charge on any atom is -0.466 e. The molecule has 0 aliphatic heterocycles. The van der Waals surface area contributed by atoms with Crippen LogP contribution in [0.15, 0.2) is 36.5 Å². The van der Waals surface area contributed by atoms with Crippen molar-refractivity contribution in [2.75, 3.05) is 13.2 Å². The number of amides is 1. The average Bonchev–Trinajstić information content (AvgIpc) is 3.45. The molecule has 0 rings (SSSR count). The van der Waals surface area contributed by atoms with Crippen molar-refractivity contribution in [3.05, 3.63) is 36.5 Å². The van der Waals surface area contributed by atoms with Gasteiger partial charge in [0, 0.05) is 12.8 Å². The maximum absolute atomic E-state index is 12.4. The van der Waals surface area contributed by atoms with Crippen molar-refractivity contribution in [3.8, 4) is 0 Å². The van der Waals surface area contributed by atoms with Crippen LogP contribution in [0.5, 0.6) is 0 Å². The summed E-state index contributed by atoms with van der Waals surface area (Å²) < 4.78 is 5.49. The number of allylic oxidation sites excluding steroid dienone is 5. The number of aliphatic hydroxyl groups excluding tert-OH is 2. The molecule has 0 radical (unpaired) electrons. The van der Waals surface area contributed by atoms with Gasteiger partial charge in [0.15, 0.2) is 0 Å². The number of hydrogen-bond acceptors (Lipinski definition) is 5. The molecule has 6 nitrogen and oxygen atoms in total. The molecule has 0 aliphatic rings. The number of ether oxygens (including phenoxy) is 1. The summed E-state index contributed by atoms with van der Waals surface area (Å²) in [7, 11) is 0. The van der Waals surface area contributed by atoms with Crippen LogP contribution in [0.4, 0.5) is 0 Å². The van der Waals surface area contributed by atoms with Crippen LogP contribution in [0, 0.1) is 0 Å². The first-order valence-corrected chi connectivity index (χ1v) is 35.8. The molecule has 0 bridgehead atoms. The van der Waals surface area contributed by atoms with Crippen molar-refractivity contribution in [2.45, 2.75) is 405 Å². The highest BCUT2D eigenvalue weighted by Gasteiger charge is 2.18. The maximum Gasteiger partial charge on any atom is 0.305 e. The van der Waals surface area contributed by atoms with Crippen LogP contribution in [0.2, 0.25) is 0 Å². The molecule has 2 unspecified atom stereocenters. The third kappa shape index (κ3) is 65.1. The molecule has 0 saturated carbocycles. The second-order valence-electron chi connectivity index (χ2n) is 24.6. The topological polar surface area (TPSA) is 95.9 Å². The molecular formula is C73H139NO5. The third-order valence-electron chi connectivity index (χ3n) is 16.7. The molecule has 0 aromatic carbocycles. The Morgan fingerprint density at radius 1 is 0.354 bits per heavy atom. The largest absolute Gasteiger partial charge is 0.466 e. The number of aliphatic hydroxyl groups is 2. The molecular weight excluding hydrogens is 971 g/mol. The van der Waals surface area contributed by atoms with Crippen LogP contribution < -0.4 is 5.32 Å². The van der Waals surface area contributed by atoms with Gasteiger partial charge < -0.3 is 20.3 Å². The molecule has 79 heavy (non-hydrogen) atoms. The highest BCUT2D eigenvalue weighted by molar-refractivity contribution is 5.76. The summed E-state index contributed by atoms with van der Waals surface area (Å²) in [6, 6.07) is -0.624. The molecule has 2 atom stereocenters. The van der Waals surface area contributed by atoms with E-state index in [4.69, 9.17) is 4.74 Å². The fraction of sp³-hybridized carbons (Fsp3) is 0.890. The quantitative estimate of drug-likeness (QED) is 0.0320. The van der Waals surface area contributed by atoms with Crippen LogP contribution in [-0.4, -0.2) is 47.4 Å². The number of esters is 1. The third-order valence-corrected chi connectivity index (χ3v) is 16.7. The van der Waals surface area contributed by atoms with Gasteiger partial charge in [0.1, 0.15) is 0 Å². The first kappa shape index (κ1) is 77.1. The minimum absolute atomic E-state index is 0.0219. The van der Waals surface area contributed by atoms with E-state index in [0.717, 1.165) is 44.9 Å². The number of carbonyl (C=O) groups excluding carboxylic acids is 2.